The van der Waals surface area contributed by atoms with E-state index in [4.69, 9.17) is 51.8 Å². The van der Waals surface area contributed by atoms with E-state index in [1.165, 1.54) is 18.3 Å². The van der Waals surface area contributed by atoms with E-state index in [1.54, 1.807) is 4.90 Å². The number of ether oxygens (including phenoxy) is 1. The largest absolute Gasteiger partial charge is 0.461 e. The van der Waals surface area contributed by atoms with Crippen molar-refractivity contribution >= 4 is 91.9 Å². The van der Waals surface area contributed by atoms with Gasteiger partial charge in [-0.05, 0) is 36.1 Å². The minimum absolute atomic E-state index is 0.0319. The molecule has 32 heavy (non-hydrogen) atoms. The predicted octanol–water partition coefficient (Wildman–Crippen LogP) is 1.73. The first-order valence-electron chi connectivity index (χ1n) is 9.90. The van der Waals surface area contributed by atoms with Gasteiger partial charge >= 0.3 is 5.97 Å². The highest BCUT2D eigenvalue weighted by Gasteiger charge is 2.52. The molecule has 2 aliphatic rings. The Hall–Kier alpha value is -1.27. The Labute approximate surface area is 208 Å². The lowest BCUT2D eigenvalue weighted by Gasteiger charge is -2.59. The summed E-state index contributed by atoms with van der Waals surface area (Å²) in [6, 6.07) is 5.46. The van der Waals surface area contributed by atoms with E-state index in [9.17, 15) is 9.59 Å². The maximum Gasteiger partial charge on any atom is 0.302 e. The first-order chi connectivity index (χ1) is 14.8. The summed E-state index contributed by atoms with van der Waals surface area (Å²) >= 11 is 4.75. The zero-order valence-corrected chi connectivity index (χ0v) is 19.9. The van der Waals surface area contributed by atoms with Gasteiger partial charge in [0.05, 0.1) is 57.6 Å². The molecule has 2 heterocycles. The quantitative estimate of drug-likeness (QED) is 0.484. The summed E-state index contributed by atoms with van der Waals surface area (Å²) in [6.07, 6.45) is 0.631. The number of amides is 1. The van der Waals surface area contributed by atoms with Crippen LogP contribution in [0.25, 0.3) is 0 Å². The number of rotatable bonds is 3. The van der Waals surface area contributed by atoms with Gasteiger partial charge in [-0.15, -0.1) is 21.8 Å². The van der Waals surface area contributed by atoms with Crippen molar-refractivity contribution in [3.63, 3.8) is 0 Å². The fourth-order valence-corrected chi connectivity index (χ4v) is 6.28. The van der Waals surface area contributed by atoms with Gasteiger partial charge in [0, 0.05) is 28.4 Å². The second-order valence-corrected chi connectivity index (χ2v) is 10.3. The Morgan fingerprint density at radius 2 is 1.91 bits per heavy atom. The highest BCUT2D eigenvalue weighted by atomic mass is 79.9. The number of hydrogen-bond donors (Lipinski definition) is 0. The molecule has 0 saturated carbocycles. The van der Waals surface area contributed by atoms with E-state index in [0.717, 1.165) is 10.0 Å². The predicted molar refractivity (Wildman–Crippen MR) is 135 cm³/mol. The highest BCUT2D eigenvalue weighted by molar-refractivity contribution is 9.10. The molecule has 1 aromatic carbocycles. The average molecular weight is 493 g/mol. The molecule has 1 aliphatic carbocycles. The summed E-state index contributed by atoms with van der Waals surface area (Å²) in [4.78, 5) is 27.8. The number of anilines is 1. The van der Waals surface area contributed by atoms with E-state index in [1.807, 2.05) is 18.2 Å². The molecule has 2 aromatic rings. The zero-order chi connectivity index (χ0) is 23.6. The number of carbonyl (C=O) groups excluding carboxylic acids is 2. The van der Waals surface area contributed by atoms with Gasteiger partial charge in [0.1, 0.15) is 6.61 Å². The molecule has 4 nitrogen and oxygen atoms in total. The van der Waals surface area contributed by atoms with Crippen LogP contribution in [0, 0.1) is 0 Å². The van der Waals surface area contributed by atoms with E-state index in [-0.39, 0.29) is 18.9 Å². The van der Waals surface area contributed by atoms with Gasteiger partial charge in [-0.2, -0.15) is 0 Å². The molecule has 0 bridgehead atoms. The van der Waals surface area contributed by atoms with E-state index >= 15 is 0 Å². The molecule has 0 spiro atoms. The number of halogens is 1. The Balaban J connectivity index is 1.78. The minimum Gasteiger partial charge on any atom is -0.461 e. The highest BCUT2D eigenvalue weighted by Crippen LogP contribution is 2.61. The summed E-state index contributed by atoms with van der Waals surface area (Å²) in [7, 11) is 37.6. The summed E-state index contributed by atoms with van der Waals surface area (Å²) in [6.45, 7) is 1.73. The first-order valence-corrected chi connectivity index (χ1v) is 11.5. The van der Waals surface area contributed by atoms with Crippen molar-refractivity contribution in [2.45, 2.75) is 42.0 Å². The van der Waals surface area contributed by atoms with Crippen molar-refractivity contribution in [1.29, 1.82) is 0 Å². The summed E-state index contributed by atoms with van der Waals surface area (Å²) < 4.78 is 5.92. The van der Waals surface area contributed by atoms with Crippen molar-refractivity contribution in [2.24, 2.45) is 0 Å². The van der Waals surface area contributed by atoms with Crippen LogP contribution >= 0.6 is 27.3 Å². The van der Waals surface area contributed by atoms with Crippen LogP contribution in [-0.2, 0) is 34.2 Å². The number of hydrogen-bond acceptors (Lipinski definition) is 4. The average Bonchev–Trinajstić information content (AvgIpc) is 3.05. The molecule has 0 saturated heterocycles. The summed E-state index contributed by atoms with van der Waals surface area (Å²) in [5.41, 5.74) is 2.62. The number of esters is 1. The molecule has 1 amide bonds. The fourth-order valence-electron chi connectivity index (χ4n) is 4.33. The lowest BCUT2D eigenvalue weighted by atomic mass is 9.15. The number of thiophene rings is 1. The molecule has 0 unspecified atom stereocenters. The van der Waals surface area contributed by atoms with Crippen LogP contribution in [0.3, 0.4) is 0 Å². The fraction of sp³-hybridized carbons (Fsp3) is 0.400. The SMILES string of the molecule is [B]C1([B])Cc2sc3c(c2C([B])([B])C1([B])[B])CCN(c1cccc(Br)c1COC(C)=O)C3=O. The van der Waals surface area contributed by atoms with Crippen molar-refractivity contribution < 1.29 is 14.3 Å². The van der Waals surface area contributed by atoms with Gasteiger partial charge in [0.2, 0.25) is 0 Å². The second-order valence-electron chi connectivity index (χ2n) is 8.39. The van der Waals surface area contributed by atoms with E-state index in [2.05, 4.69) is 15.9 Å². The lowest BCUT2D eigenvalue weighted by Crippen LogP contribution is -2.54. The number of carbonyl (C=O) groups is 2. The molecule has 12 radical (unpaired) electrons. The molecule has 0 fully saturated rings. The normalized spacial score (nSPS) is 20.3. The number of benzene rings is 1. The van der Waals surface area contributed by atoms with E-state index in [0.29, 0.717) is 39.5 Å². The van der Waals surface area contributed by atoms with Crippen molar-refractivity contribution in [3.8, 4) is 0 Å². The van der Waals surface area contributed by atoms with Gasteiger partial charge in [-0.3, -0.25) is 9.59 Å². The second kappa shape index (κ2) is 7.90. The Kier molecular flexibility index (Phi) is 5.89. The van der Waals surface area contributed by atoms with E-state index < -0.39 is 21.6 Å². The molecule has 0 atom stereocenters. The van der Waals surface area contributed by atoms with Gasteiger partial charge in [-0.25, -0.2) is 0 Å². The maximum absolute atomic E-state index is 13.6. The maximum atomic E-state index is 13.6. The van der Waals surface area contributed by atoms with Crippen LogP contribution in [0.15, 0.2) is 22.7 Å². The van der Waals surface area contributed by atoms with Gasteiger partial charge < -0.3 is 9.64 Å². The van der Waals surface area contributed by atoms with Crippen molar-refractivity contribution in [1.82, 2.24) is 0 Å². The topological polar surface area (TPSA) is 46.6 Å². The number of nitrogens with zero attached hydrogens (tertiary/aromatic N) is 1. The molecule has 12 heteroatoms. The summed E-state index contributed by atoms with van der Waals surface area (Å²) in [5, 5.41) is -5.06. The molecular formula is C20H14B6BrNO3S. The minimum atomic E-state index is -1.79. The Morgan fingerprint density at radius 3 is 2.56 bits per heavy atom. The Morgan fingerprint density at radius 1 is 1.22 bits per heavy atom. The van der Waals surface area contributed by atoms with Gasteiger partial charge in [0.25, 0.3) is 5.91 Å². The third-order valence-corrected chi connectivity index (χ3v) is 8.19. The smallest absolute Gasteiger partial charge is 0.302 e. The van der Waals surface area contributed by atoms with Crippen molar-refractivity contribution in [3.05, 3.63) is 49.1 Å². The van der Waals surface area contributed by atoms with Crippen LogP contribution in [0.4, 0.5) is 5.69 Å². The third kappa shape index (κ3) is 3.48. The molecule has 1 aromatic heterocycles. The zero-order valence-electron chi connectivity index (χ0n) is 17.5. The van der Waals surface area contributed by atoms with Crippen LogP contribution in [-0.4, -0.2) is 65.5 Å². The van der Waals surface area contributed by atoms with Crippen LogP contribution in [0.2, 0.25) is 10.4 Å². The standard InChI is InChI=1S/C20H14B6BrNO3S/c1-9(29)31-8-11-12(27)3-2-4-13(11)28-6-5-10-15-14(32-16(10)17(28)30)7-18(21,22)20(25,26)19(15,23)24/h2-4H,5-8H2,1H3. The molecule has 148 valence electrons. The van der Waals surface area contributed by atoms with Gasteiger partial charge in [-0.1, -0.05) is 27.2 Å². The summed E-state index contributed by atoms with van der Waals surface area (Å²) in [5.74, 6) is -0.630. The first kappa shape index (κ1) is 23.9. The lowest BCUT2D eigenvalue weighted by molar-refractivity contribution is -0.142. The number of fused-ring (bicyclic) bond motifs is 3. The molecular weight excluding hydrogens is 479 g/mol. The van der Waals surface area contributed by atoms with Gasteiger partial charge in [0.15, 0.2) is 0 Å². The van der Waals surface area contributed by atoms with Crippen LogP contribution in [0.5, 0.6) is 0 Å². The van der Waals surface area contributed by atoms with Crippen molar-refractivity contribution in [2.75, 3.05) is 11.4 Å². The molecule has 4 rings (SSSR count). The van der Waals surface area contributed by atoms with Crippen LogP contribution < -0.4 is 4.90 Å². The Bertz CT molecular complexity index is 1130. The molecule has 0 N–H and O–H groups in total. The molecule has 1 aliphatic heterocycles. The third-order valence-electron chi connectivity index (χ3n) is 6.23. The van der Waals surface area contributed by atoms with Crippen LogP contribution in [0.1, 0.15) is 38.2 Å². The monoisotopic (exact) mass is 493 g/mol.